The highest BCUT2D eigenvalue weighted by molar-refractivity contribution is 6.32. The monoisotopic (exact) mass is 336 g/mol. The first-order valence-electron chi connectivity index (χ1n) is 6.86. The molecule has 0 heterocycles. The van der Waals surface area contributed by atoms with Crippen molar-refractivity contribution in [2.75, 3.05) is 0 Å². The number of allylic oxidation sites excluding steroid dienone is 1. The Morgan fingerprint density at radius 2 is 1.55 bits per heavy atom. The fraction of sp³-hybridized carbons (Fsp3) is 0.222. The molecule has 0 spiro atoms. The predicted octanol–water partition coefficient (Wildman–Crippen LogP) is 5.79. The SMILES string of the molecule is C=C(CC(C)(C)c1ccc(Cl)c(O)c1)c1ccc(Cl)c(O)c1. The summed E-state index contributed by atoms with van der Waals surface area (Å²) in [5, 5.41) is 20.1. The number of phenolic OH excluding ortho intramolecular Hbond substituents is 2. The summed E-state index contributed by atoms with van der Waals surface area (Å²) in [5.74, 6) is 0.115. The van der Waals surface area contributed by atoms with Crippen molar-refractivity contribution in [3.63, 3.8) is 0 Å². The van der Waals surface area contributed by atoms with Gasteiger partial charge in [-0.05, 0) is 52.8 Å². The summed E-state index contributed by atoms with van der Waals surface area (Å²) >= 11 is 11.7. The number of aromatic hydroxyl groups is 2. The van der Waals surface area contributed by atoms with E-state index in [1.54, 1.807) is 24.3 Å². The van der Waals surface area contributed by atoms with Crippen LogP contribution in [0.3, 0.4) is 0 Å². The van der Waals surface area contributed by atoms with E-state index in [1.165, 1.54) is 0 Å². The number of hydrogen-bond acceptors (Lipinski definition) is 2. The van der Waals surface area contributed by atoms with E-state index in [0.29, 0.717) is 16.5 Å². The third-order valence-corrected chi connectivity index (χ3v) is 4.38. The molecule has 0 aliphatic heterocycles. The number of hydrogen-bond donors (Lipinski definition) is 2. The summed E-state index contributed by atoms with van der Waals surface area (Å²) in [7, 11) is 0. The van der Waals surface area contributed by atoms with Crippen LogP contribution in [0.15, 0.2) is 43.0 Å². The molecule has 2 rings (SSSR count). The molecule has 0 aliphatic carbocycles. The van der Waals surface area contributed by atoms with Crippen molar-refractivity contribution < 1.29 is 10.2 Å². The highest BCUT2D eigenvalue weighted by Crippen LogP contribution is 2.37. The van der Waals surface area contributed by atoms with E-state index < -0.39 is 0 Å². The minimum atomic E-state index is -0.242. The van der Waals surface area contributed by atoms with Crippen LogP contribution in [0.2, 0.25) is 10.0 Å². The van der Waals surface area contributed by atoms with E-state index in [9.17, 15) is 10.2 Å². The molecule has 22 heavy (non-hydrogen) atoms. The zero-order chi connectivity index (χ0) is 16.5. The van der Waals surface area contributed by atoms with Gasteiger partial charge in [0, 0.05) is 0 Å². The molecule has 116 valence electrons. The molecule has 2 N–H and O–H groups in total. The fourth-order valence-electron chi connectivity index (χ4n) is 2.40. The molecule has 2 nitrogen and oxygen atoms in total. The number of benzene rings is 2. The van der Waals surface area contributed by atoms with Crippen LogP contribution in [0.5, 0.6) is 11.5 Å². The molecule has 0 atom stereocenters. The van der Waals surface area contributed by atoms with Crippen LogP contribution in [-0.2, 0) is 5.41 Å². The molecular formula is C18H18Cl2O2. The Morgan fingerprint density at radius 1 is 1.00 bits per heavy atom. The molecular weight excluding hydrogens is 319 g/mol. The average molecular weight is 337 g/mol. The number of phenols is 2. The van der Waals surface area contributed by atoms with Gasteiger partial charge in [0.15, 0.2) is 0 Å². The Hall–Kier alpha value is -1.64. The Bertz CT molecular complexity index is 721. The van der Waals surface area contributed by atoms with Crippen molar-refractivity contribution in [2.45, 2.75) is 25.7 Å². The van der Waals surface area contributed by atoms with E-state index in [1.807, 2.05) is 12.1 Å². The number of rotatable bonds is 4. The summed E-state index contributed by atoms with van der Waals surface area (Å²) in [6.07, 6.45) is 0.662. The first kappa shape index (κ1) is 16.7. The molecule has 2 aromatic carbocycles. The molecule has 0 unspecified atom stereocenters. The third kappa shape index (κ3) is 3.57. The van der Waals surface area contributed by atoms with Crippen molar-refractivity contribution in [1.29, 1.82) is 0 Å². The zero-order valence-electron chi connectivity index (χ0n) is 12.5. The second-order valence-electron chi connectivity index (χ2n) is 6.00. The molecule has 0 saturated carbocycles. The highest BCUT2D eigenvalue weighted by atomic mass is 35.5. The Labute approximate surface area is 140 Å². The first-order chi connectivity index (χ1) is 10.2. The van der Waals surface area contributed by atoms with E-state index >= 15 is 0 Å². The molecule has 2 aromatic rings. The predicted molar refractivity (Wildman–Crippen MR) is 92.9 cm³/mol. The van der Waals surface area contributed by atoms with Crippen LogP contribution in [0.1, 0.15) is 31.4 Å². The van der Waals surface area contributed by atoms with Crippen LogP contribution in [0.4, 0.5) is 0 Å². The second-order valence-corrected chi connectivity index (χ2v) is 6.81. The summed E-state index contributed by atoms with van der Waals surface area (Å²) < 4.78 is 0. The quantitative estimate of drug-likeness (QED) is 0.742. The van der Waals surface area contributed by atoms with Crippen LogP contribution in [0, 0.1) is 0 Å². The molecule has 0 fully saturated rings. The van der Waals surface area contributed by atoms with Gasteiger partial charge in [-0.25, -0.2) is 0 Å². The minimum absolute atomic E-state index is 0.0438. The van der Waals surface area contributed by atoms with Crippen LogP contribution < -0.4 is 0 Å². The minimum Gasteiger partial charge on any atom is -0.506 e. The Balaban J connectivity index is 2.25. The van der Waals surface area contributed by atoms with Gasteiger partial charge < -0.3 is 10.2 Å². The molecule has 0 bridgehead atoms. The van der Waals surface area contributed by atoms with Crippen molar-refractivity contribution in [3.8, 4) is 11.5 Å². The van der Waals surface area contributed by atoms with Gasteiger partial charge in [0.25, 0.3) is 0 Å². The van der Waals surface area contributed by atoms with Crippen molar-refractivity contribution in [1.82, 2.24) is 0 Å². The lowest BCUT2D eigenvalue weighted by Crippen LogP contribution is -2.17. The smallest absolute Gasteiger partial charge is 0.134 e. The standard InChI is InChI=1S/C18H18Cl2O2/c1-11(12-4-6-14(19)16(21)8-12)10-18(2,3)13-5-7-15(20)17(22)9-13/h4-9,21-22H,1,10H2,2-3H3. The molecule has 4 heteroatoms. The van der Waals surface area contributed by atoms with Gasteiger partial charge in [0.1, 0.15) is 11.5 Å². The zero-order valence-corrected chi connectivity index (χ0v) is 14.0. The molecule has 0 amide bonds. The Kier molecular flexibility index (Phi) is 4.74. The van der Waals surface area contributed by atoms with Gasteiger partial charge in [-0.3, -0.25) is 0 Å². The van der Waals surface area contributed by atoms with E-state index in [0.717, 1.165) is 16.7 Å². The van der Waals surface area contributed by atoms with Crippen molar-refractivity contribution >= 4 is 28.8 Å². The maximum Gasteiger partial charge on any atom is 0.134 e. The van der Waals surface area contributed by atoms with Gasteiger partial charge in [0.2, 0.25) is 0 Å². The van der Waals surface area contributed by atoms with Gasteiger partial charge in [0.05, 0.1) is 10.0 Å². The first-order valence-corrected chi connectivity index (χ1v) is 7.62. The Morgan fingerprint density at radius 3 is 2.09 bits per heavy atom. The molecule has 0 aliphatic rings. The maximum absolute atomic E-state index is 9.78. The summed E-state index contributed by atoms with van der Waals surface area (Å²) in [4.78, 5) is 0. The maximum atomic E-state index is 9.78. The van der Waals surface area contributed by atoms with Crippen molar-refractivity contribution in [3.05, 3.63) is 64.1 Å². The normalized spacial score (nSPS) is 11.5. The van der Waals surface area contributed by atoms with Crippen LogP contribution >= 0.6 is 23.2 Å². The lowest BCUT2D eigenvalue weighted by atomic mass is 9.78. The largest absolute Gasteiger partial charge is 0.506 e. The van der Waals surface area contributed by atoms with Gasteiger partial charge in [-0.1, -0.05) is 55.8 Å². The van der Waals surface area contributed by atoms with Crippen molar-refractivity contribution in [2.24, 2.45) is 0 Å². The van der Waals surface area contributed by atoms with Crippen LogP contribution in [-0.4, -0.2) is 10.2 Å². The van der Waals surface area contributed by atoms with Gasteiger partial charge >= 0.3 is 0 Å². The molecule has 0 aromatic heterocycles. The molecule has 0 radical (unpaired) electrons. The number of halogens is 2. The third-order valence-electron chi connectivity index (χ3n) is 3.74. The average Bonchev–Trinajstić information content (AvgIpc) is 2.44. The lowest BCUT2D eigenvalue weighted by molar-refractivity contribution is 0.469. The lowest BCUT2D eigenvalue weighted by Gasteiger charge is -2.27. The fourth-order valence-corrected chi connectivity index (χ4v) is 2.64. The van der Waals surface area contributed by atoms with Gasteiger partial charge in [-0.2, -0.15) is 0 Å². The van der Waals surface area contributed by atoms with Crippen LogP contribution in [0.25, 0.3) is 5.57 Å². The topological polar surface area (TPSA) is 40.5 Å². The summed E-state index contributed by atoms with van der Waals surface area (Å²) in [5.41, 5.74) is 2.45. The van der Waals surface area contributed by atoms with E-state index in [2.05, 4.69) is 20.4 Å². The van der Waals surface area contributed by atoms with E-state index in [4.69, 9.17) is 23.2 Å². The van der Waals surface area contributed by atoms with Gasteiger partial charge in [-0.15, -0.1) is 0 Å². The highest BCUT2D eigenvalue weighted by Gasteiger charge is 2.23. The summed E-state index contributed by atoms with van der Waals surface area (Å²) in [6.45, 7) is 8.24. The molecule has 0 saturated heterocycles. The van der Waals surface area contributed by atoms with E-state index in [-0.39, 0.29) is 16.9 Å². The second kappa shape index (κ2) is 6.23. The summed E-state index contributed by atoms with van der Waals surface area (Å²) in [6, 6.07) is 10.4.